The summed E-state index contributed by atoms with van der Waals surface area (Å²) in [5.41, 5.74) is 3.85. The maximum absolute atomic E-state index is 12.2. The number of aryl methyl sites for hydroxylation is 2. The van der Waals surface area contributed by atoms with Gasteiger partial charge in [-0.2, -0.15) is 0 Å². The van der Waals surface area contributed by atoms with E-state index < -0.39 is 0 Å². The quantitative estimate of drug-likeness (QED) is 0.670. The van der Waals surface area contributed by atoms with Gasteiger partial charge in [-0.3, -0.25) is 14.4 Å². The Morgan fingerprint density at radius 2 is 1.48 bits per heavy atom. The summed E-state index contributed by atoms with van der Waals surface area (Å²) in [6.45, 7) is 4.68. The highest BCUT2D eigenvalue weighted by Crippen LogP contribution is 2.12. The Kier molecular flexibility index (Phi) is 7.74. The Morgan fingerprint density at radius 3 is 2.19 bits per heavy atom. The van der Waals surface area contributed by atoms with E-state index in [1.165, 1.54) is 0 Å². The standard InChI is InChI=1S/C22H26N2O3/c1-16-8-9-19(14-17(16)2)20(25)10-11-21(26)23-13-12-22(27)24-15-18-6-4-3-5-7-18/h3-9,14H,10-13,15H2,1-2H3,(H,23,26)(H,24,27). The molecule has 0 aliphatic carbocycles. The molecule has 0 aliphatic rings. The lowest BCUT2D eigenvalue weighted by Gasteiger charge is -2.07. The highest BCUT2D eigenvalue weighted by Gasteiger charge is 2.10. The van der Waals surface area contributed by atoms with Crippen molar-refractivity contribution in [2.75, 3.05) is 6.54 Å². The van der Waals surface area contributed by atoms with Crippen LogP contribution in [0.1, 0.15) is 46.3 Å². The van der Waals surface area contributed by atoms with E-state index in [1.54, 1.807) is 6.07 Å². The third-order valence-electron chi connectivity index (χ3n) is 4.41. The number of hydrogen-bond donors (Lipinski definition) is 2. The number of carbonyl (C=O) groups is 3. The molecule has 0 bridgehead atoms. The van der Waals surface area contributed by atoms with Crippen LogP contribution >= 0.6 is 0 Å². The Labute approximate surface area is 160 Å². The van der Waals surface area contributed by atoms with Gasteiger partial charge in [-0.05, 0) is 36.6 Å². The molecule has 2 aromatic rings. The van der Waals surface area contributed by atoms with Gasteiger partial charge in [0.05, 0.1) is 0 Å². The molecular weight excluding hydrogens is 340 g/mol. The third kappa shape index (κ3) is 7.05. The molecule has 0 unspecified atom stereocenters. The van der Waals surface area contributed by atoms with Crippen molar-refractivity contribution in [3.8, 4) is 0 Å². The Hall–Kier alpha value is -2.95. The first-order valence-electron chi connectivity index (χ1n) is 9.13. The SMILES string of the molecule is Cc1ccc(C(=O)CCC(=O)NCCC(=O)NCc2ccccc2)cc1C. The van der Waals surface area contributed by atoms with Gasteiger partial charge in [0.2, 0.25) is 11.8 Å². The molecule has 0 aliphatic heterocycles. The second-order valence-electron chi connectivity index (χ2n) is 6.58. The Morgan fingerprint density at radius 1 is 0.778 bits per heavy atom. The fourth-order valence-corrected chi connectivity index (χ4v) is 2.58. The predicted molar refractivity (Wildman–Crippen MR) is 105 cm³/mol. The van der Waals surface area contributed by atoms with Crippen molar-refractivity contribution in [2.45, 2.75) is 39.7 Å². The summed E-state index contributed by atoms with van der Waals surface area (Å²) in [6.07, 6.45) is 0.496. The van der Waals surface area contributed by atoms with Crippen LogP contribution in [0.25, 0.3) is 0 Å². The summed E-state index contributed by atoms with van der Waals surface area (Å²) in [5.74, 6) is -0.387. The highest BCUT2D eigenvalue weighted by atomic mass is 16.2. The van der Waals surface area contributed by atoms with Gasteiger partial charge in [0, 0.05) is 37.9 Å². The fourth-order valence-electron chi connectivity index (χ4n) is 2.58. The Balaban J connectivity index is 1.63. The molecule has 2 N–H and O–H groups in total. The zero-order chi connectivity index (χ0) is 19.6. The fraction of sp³-hybridized carbons (Fsp3) is 0.318. The maximum atomic E-state index is 12.2. The minimum absolute atomic E-state index is 0.0474. The molecule has 0 atom stereocenters. The number of nitrogens with one attached hydrogen (secondary N) is 2. The lowest BCUT2D eigenvalue weighted by molar-refractivity contribution is -0.122. The molecule has 0 heterocycles. The van der Waals surface area contributed by atoms with E-state index in [4.69, 9.17) is 0 Å². The molecule has 5 heteroatoms. The summed E-state index contributed by atoms with van der Waals surface area (Å²) in [7, 11) is 0. The van der Waals surface area contributed by atoms with Gasteiger partial charge in [0.1, 0.15) is 0 Å². The average molecular weight is 366 g/mol. The van der Waals surface area contributed by atoms with Crippen LogP contribution in [-0.2, 0) is 16.1 Å². The van der Waals surface area contributed by atoms with Crippen LogP contribution in [-0.4, -0.2) is 24.1 Å². The summed E-state index contributed by atoms with van der Waals surface area (Å²) in [5, 5.41) is 5.50. The number of hydrogen-bond acceptors (Lipinski definition) is 3. The van der Waals surface area contributed by atoms with Crippen molar-refractivity contribution in [2.24, 2.45) is 0 Å². The summed E-state index contributed by atoms with van der Waals surface area (Å²) < 4.78 is 0. The molecule has 142 valence electrons. The summed E-state index contributed by atoms with van der Waals surface area (Å²) >= 11 is 0. The van der Waals surface area contributed by atoms with E-state index in [0.29, 0.717) is 12.1 Å². The zero-order valence-electron chi connectivity index (χ0n) is 15.9. The largest absolute Gasteiger partial charge is 0.356 e. The lowest BCUT2D eigenvalue weighted by atomic mass is 10.0. The molecule has 5 nitrogen and oxygen atoms in total. The lowest BCUT2D eigenvalue weighted by Crippen LogP contribution is -2.30. The van der Waals surface area contributed by atoms with Gasteiger partial charge < -0.3 is 10.6 Å². The van der Waals surface area contributed by atoms with E-state index in [-0.39, 0.29) is 43.4 Å². The smallest absolute Gasteiger partial charge is 0.222 e. The van der Waals surface area contributed by atoms with Crippen molar-refractivity contribution < 1.29 is 14.4 Å². The van der Waals surface area contributed by atoms with Crippen molar-refractivity contribution in [1.82, 2.24) is 10.6 Å². The first-order chi connectivity index (χ1) is 13.0. The topological polar surface area (TPSA) is 75.3 Å². The third-order valence-corrected chi connectivity index (χ3v) is 4.41. The minimum Gasteiger partial charge on any atom is -0.356 e. The summed E-state index contributed by atoms with van der Waals surface area (Å²) in [6, 6.07) is 15.2. The molecule has 0 fully saturated rings. The highest BCUT2D eigenvalue weighted by molar-refractivity contribution is 5.98. The molecular formula is C22H26N2O3. The second kappa shape index (κ2) is 10.3. The van der Waals surface area contributed by atoms with E-state index in [9.17, 15) is 14.4 Å². The zero-order valence-corrected chi connectivity index (χ0v) is 15.9. The van der Waals surface area contributed by atoms with Crippen LogP contribution < -0.4 is 10.6 Å². The molecule has 27 heavy (non-hydrogen) atoms. The van der Waals surface area contributed by atoms with Crippen LogP contribution in [0.3, 0.4) is 0 Å². The number of amides is 2. The molecule has 2 rings (SSSR count). The number of Topliss-reactive ketones (excluding diaryl/α,β-unsaturated/α-hetero) is 1. The molecule has 0 saturated heterocycles. The number of benzene rings is 2. The molecule has 0 saturated carbocycles. The molecule has 2 amide bonds. The van der Waals surface area contributed by atoms with Crippen LogP contribution in [0.2, 0.25) is 0 Å². The Bertz CT molecular complexity index is 800. The van der Waals surface area contributed by atoms with Crippen LogP contribution in [0.5, 0.6) is 0 Å². The van der Waals surface area contributed by atoms with Gasteiger partial charge in [0.15, 0.2) is 5.78 Å². The van der Waals surface area contributed by atoms with Crippen molar-refractivity contribution >= 4 is 17.6 Å². The van der Waals surface area contributed by atoms with Crippen LogP contribution in [0.15, 0.2) is 48.5 Å². The van der Waals surface area contributed by atoms with Crippen LogP contribution in [0, 0.1) is 13.8 Å². The number of carbonyl (C=O) groups excluding carboxylic acids is 3. The molecule has 0 spiro atoms. The van der Waals surface area contributed by atoms with E-state index in [2.05, 4.69) is 10.6 Å². The monoisotopic (exact) mass is 366 g/mol. The van der Waals surface area contributed by atoms with E-state index >= 15 is 0 Å². The van der Waals surface area contributed by atoms with Crippen molar-refractivity contribution in [1.29, 1.82) is 0 Å². The van der Waals surface area contributed by atoms with Crippen molar-refractivity contribution in [3.63, 3.8) is 0 Å². The van der Waals surface area contributed by atoms with Gasteiger partial charge >= 0.3 is 0 Å². The van der Waals surface area contributed by atoms with Gasteiger partial charge in [-0.1, -0.05) is 42.5 Å². The van der Waals surface area contributed by atoms with E-state index in [0.717, 1.165) is 16.7 Å². The molecule has 0 radical (unpaired) electrons. The minimum atomic E-state index is -0.219. The van der Waals surface area contributed by atoms with Crippen LogP contribution in [0.4, 0.5) is 0 Å². The average Bonchev–Trinajstić information content (AvgIpc) is 2.67. The van der Waals surface area contributed by atoms with E-state index in [1.807, 2.05) is 56.3 Å². The normalized spacial score (nSPS) is 10.3. The first-order valence-corrected chi connectivity index (χ1v) is 9.13. The molecule has 0 aromatic heterocycles. The van der Waals surface area contributed by atoms with Crippen molar-refractivity contribution in [3.05, 3.63) is 70.8 Å². The summed E-state index contributed by atoms with van der Waals surface area (Å²) in [4.78, 5) is 35.8. The van der Waals surface area contributed by atoms with Gasteiger partial charge in [-0.25, -0.2) is 0 Å². The van der Waals surface area contributed by atoms with Gasteiger partial charge in [-0.15, -0.1) is 0 Å². The number of rotatable bonds is 9. The number of ketones is 1. The predicted octanol–water partition coefficient (Wildman–Crippen LogP) is 3.09. The molecule has 2 aromatic carbocycles. The maximum Gasteiger partial charge on any atom is 0.222 e. The second-order valence-corrected chi connectivity index (χ2v) is 6.58. The van der Waals surface area contributed by atoms with Gasteiger partial charge in [0.25, 0.3) is 0 Å². The first kappa shape index (κ1) is 20.4.